The Kier molecular flexibility index (Phi) is 3.92. The molecule has 0 spiro atoms. The molecule has 1 aromatic carbocycles. The first kappa shape index (κ1) is 12.3. The quantitative estimate of drug-likeness (QED) is 0.794. The summed E-state index contributed by atoms with van der Waals surface area (Å²) in [5, 5.41) is 10.1. The van der Waals surface area contributed by atoms with Gasteiger partial charge >= 0.3 is 0 Å². The second kappa shape index (κ2) is 4.80. The van der Waals surface area contributed by atoms with Crippen LogP contribution < -0.4 is 0 Å². The first-order chi connectivity index (χ1) is 7.00. The Labute approximate surface area is 93.1 Å². The first-order valence-corrected chi connectivity index (χ1v) is 5.82. The van der Waals surface area contributed by atoms with E-state index in [9.17, 15) is 5.11 Å². The van der Waals surface area contributed by atoms with Gasteiger partial charge in [-0.05, 0) is 43.7 Å². The minimum atomic E-state index is -0.737. The van der Waals surface area contributed by atoms with E-state index >= 15 is 0 Å². The van der Waals surface area contributed by atoms with Crippen LogP contribution in [-0.2, 0) is 5.60 Å². The lowest BCUT2D eigenvalue weighted by Gasteiger charge is -2.25. The standard InChI is InChI=1S/C14H22O/c1-5-11(6-2)12-9-7-8-10-13(12)14(3,4)15/h7-11,15H,5-6H2,1-4H3. The van der Waals surface area contributed by atoms with E-state index in [1.165, 1.54) is 5.56 Å². The molecule has 15 heavy (non-hydrogen) atoms. The maximum absolute atomic E-state index is 10.1. The fourth-order valence-corrected chi connectivity index (χ4v) is 2.14. The molecule has 0 aliphatic rings. The molecule has 0 radical (unpaired) electrons. The van der Waals surface area contributed by atoms with Crippen LogP contribution in [-0.4, -0.2) is 5.11 Å². The van der Waals surface area contributed by atoms with Crippen LogP contribution in [0.3, 0.4) is 0 Å². The zero-order valence-electron chi connectivity index (χ0n) is 10.2. The number of aliphatic hydroxyl groups is 1. The summed E-state index contributed by atoms with van der Waals surface area (Å²) in [4.78, 5) is 0. The van der Waals surface area contributed by atoms with E-state index in [1.807, 2.05) is 26.0 Å². The lowest BCUT2D eigenvalue weighted by Crippen LogP contribution is -2.19. The van der Waals surface area contributed by atoms with Crippen LogP contribution in [0.4, 0.5) is 0 Å². The number of hydrogen-bond donors (Lipinski definition) is 1. The van der Waals surface area contributed by atoms with Gasteiger partial charge in [0.1, 0.15) is 0 Å². The fraction of sp³-hybridized carbons (Fsp3) is 0.571. The maximum atomic E-state index is 10.1. The van der Waals surface area contributed by atoms with Crippen molar-refractivity contribution >= 4 is 0 Å². The van der Waals surface area contributed by atoms with Gasteiger partial charge in [0.15, 0.2) is 0 Å². The van der Waals surface area contributed by atoms with Crippen LogP contribution in [0.1, 0.15) is 57.6 Å². The Morgan fingerprint density at radius 3 is 2.13 bits per heavy atom. The zero-order chi connectivity index (χ0) is 11.5. The van der Waals surface area contributed by atoms with Crippen LogP contribution in [0.2, 0.25) is 0 Å². The molecule has 0 fully saturated rings. The summed E-state index contributed by atoms with van der Waals surface area (Å²) in [6, 6.07) is 8.24. The van der Waals surface area contributed by atoms with E-state index in [1.54, 1.807) is 0 Å². The summed E-state index contributed by atoms with van der Waals surface area (Å²) in [6.45, 7) is 8.12. The average Bonchev–Trinajstić information content (AvgIpc) is 2.19. The van der Waals surface area contributed by atoms with Gasteiger partial charge in [-0.2, -0.15) is 0 Å². The SMILES string of the molecule is CCC(CC)c1ccccc1C(C)(C)O. The molecule has 84 valence electrons. The molecule has 0 saturated carbocycles. The van der Waals surface area contributed by atoms with Crippen molar-refractivity contribution in [3.63, 3.8) is 0 Å². The van der Waals surface area contributed by atoms with Crippen LogP contribution in [0.15, 0.2) is 24.3 Å². The molecule has 0 unspecified atom stereocenters. The summed E-state index contributed by atoms with van der Waals surface area (Å²) < 4.78 is 0. The molecule has 0 saturated heterocycles. The van der Waals surface area contributed by atoms with Gasteiger partial charge in [-0.15, -0.1) is 0 Å². The lowest BCUT2D eigenvalue weighted by atomic mass is 9.84. The van der Waals surface area contributed by atoms with Gasteiger partial charge in [-0.1, -0.05) is 38.1 Å². The Balaban J connectivity index is 3.17. The fourth-order valence-electron chi connectivity index (χ4n) is 2.14. The van der Waals surface area contributed by atoms with Crippen LogP contribution in [0.25, 0.3) is 0 Å². The molecule has 0 aromatic heterocycles. The minimum Gasteiger partial charge on any atom is -0.386 e. The van der Waals surface area contributed by atoms with Crippen molar-refractivity contribution < 1.29 is 5.11 Å². The van der Waals surface area contributed by atoms with Gasteiger partial charge in [-0.3, -0.25) is 0 Å². The van der Waals surface area contributed by atoms with Crippen LogP contribution >= 0.6 is 0 Å². The predicted octanol–water partition coefficient (Wildman–Crippen LogP) is 3.82. The molecular formula is C14H22O. The van der Waals surface area contributed by atoms with Crippen LogP contribution in [0.5, 0.6) is 0 Å². The van der Waals surface area contributed by atoms with Crippen LogP contribution in [0, 0.1) is 0 Å². The maximum Gasteiger partial charge on any atom is 0.0843 e. The smallest absolute Gasteiger partial charge is 0.0843 e. The van der Waals surface area contributed by atoms with Gasteiger partial charge in [-0.25, -0.2) is 0 Å². The molecule has 1 aromatic rings. The third-order valence-electron chi connectivity index (χ3n) is 3.05. The molecule has 0 aliphatic heterocycles. The molecular weight excluding hydrogens is 184 g/mol. The zero-order valence-corrected chi connectivity index (χ0v) is 10.2. The average molecular weight is 206 g/mol. The van der Waals surface area contributed by atoms with Gasteiger partial charge in [0, 0.05) is 0 Å². The van der Waals surface area contributed by atoms with Crippen molar-refractivity contribution in [3.8, 4) is 0 Å². The molecule has 1 N–H and O–H groups in total. The Bertz CT molecular complexity index is 305. The third kappa shape index (κ3) is 2.82. The monoisotopic (exact) mass is 206 g/mol. The highest BCUT2D eigenvalue weighted by molar-refractivity contribution is 5.34. The molecule has 1 nitrogen and oxygen atoms in total. The Morgan fingerprint density at radius 1 is 1.13 bits per heavy atom. The van der Waals surface area contributed by atoms with Gasteiger partial charge in [0.25, 0.3) is 0 Å². The number of benzene rings is 1. The largest absolute Gasteiger partial charge is 0.386 e. The van der Waals surface area contributed by atoms with Crippen molar-refractivity contribution in [2.45, 2.75) is 52.1 Å². The van der Waals surface area contributed by atoms with Gasteiger partial charge < -0.3 is 5.11 Å². The minimum absolute atomic E-state index is 0.563. The van der Waals surface area contributed by atoms with Crippen molar-refractivity contribution in [3.05, 3.63) is 35.4 Å². The first-order valence-electron chi connectivity index (χ1n) is 5.82. The normalized spacial score (nSPS) is 12.1. The Morgan fingerprint density at radius 2 is 1.67 bits per heavy atom. The van der Waals surface area contributed by atoms with E-state index < -0.39 is 5.60 Å². The molecule has 1 rings (SSSR count). The summed E-state index contributed by atoms with van der Waals surface area (Å²) in [6.07, 6.45) is 2.26. The summed E-state index contributed by atoms with van der Waals surface area (Å²) in [7, 11) is 0. The number of hydrogen-bond acceptors (Lipinski definition) is 1. The van der Waals surface area contributed by atoms with Crippen molar-refractivity contribution in [1.29, 1.82) is 0 Å². The van der Waals surface area contributed by atoms with E-state index in [0.29, 0.717) is 5.92 Å². The summed E-state index contributed by atoms with van der Waals surface area (Å²) in [5.41, 5.74) is 1.63. The van der Waals surface area contributed by atoms with Gasteiger partial charge in [0.05, 0.1) is 5.60 Å². The van der Waals surface area contributed by atoms with E-state index in [0.717, 1.165) is 18.4 Å². The second-order valence-electron chi connectivity index (χ2n) is 4.66. The second-order valence-corrected chi connectivity index (χ2v) is 4.66. The predicted molar refractivity (Wildman–Crippen MR) is 65.0 cm³/mol. The van der Waals surface area contributed by atoms with E-state index in [4.69, 9.17) is 0 Å². The topological polar surface area (TPSA) is 20.2 Å². The van der Waals surface area contributed by atoms with E-state index in [2.05, 4.69) is 26.0 Å². The lowest BCUT2D eigenvalue weighted by molar-refractivity contribution is 0.0771. The van der Waals surface area contributed by atoms with Crippen molar-refractivity contribution in [1.82, 2.24) is 0 Å². The highest BCUT2D eigenvalue weighted by Crippen LogP contribution is 2.32. The van der Waals surface area contributed by atoms with Crippen molar-refractivity contribution in [2.24, 2.45) is 0 Å². The molecule has 0 bridgehead atoms. The number of rotatable bonds is 4. The highest BCUT2D eigenvalue weighted by Gasteiger charge is 2.22. The third-order valence-corrected chi connectivity index (χ3v) is 3.05. The molecule has 0 atom stereocenters. The molecule has 0 heterocycles. The van der Waals surface area contributed by atoms with E-state index in [-0.39, 0.29) is 0 Å². The molecule has 0 aliphatic carbocycles. The summed E-state index contributed by atoms with van der Waals surface area (Å²) >= 11 is 0. The molecule has 1 heteroatoms. The van der Waals surface area contributed by atoms with Gasteiger partial charge in [0.2, 0.25) is 0 Å². The summed E-state index contributed by atoms with van der Waals surface area (Å²) in [5.74, 6) is 0.563. The Hall–Kier alpha value is -0.820. The highest BCUT2D eigenvalue weighted by atomic mass is 16.3. The molecule has 0 amide bonds. The van der Waals surface area contributed by atoms with Crippen molar-refractivity contribution in [2.75, 3.05) is 0 Å².